The predicted molar refractivity (Wildman–Crippen MR) is 270 cm³/mol. The van der Waals surface area contributed by atoms with Gasteiger partial charge < -0.3 is 13.7 Å². The van der Waals surface area contributed by atoms with Crippen LogP contribution in [0.15, 0.2) is 233 Å². The van der Waals surface area contributed by atoms with Crippen LogP contribution in [0.2, 0.25) is 0 Å². The van der Waals surface area contributed by atoms with E-state index in [1.54, 1.807) is 0 Å². The molecule has 0 aliphatic carbocycles. The van der Waals surface area contributed by atoms with E-state index in [4.69, 9.17) is 8.83 Å². The Kier molecular flexibility index (Phi) is 8.40. The molecule has 0 spiro atoms. The topological polar surface area (TPSA) is 29.5 Å². The van der Waals surface area contributed by atoms with Crippen molar-refractivity contribution < 1.29 is 8.83 Å². The highest BCUT2D eigenvalue weighted by atomic mass is 32.1. The van der Waals surface area contributed by atoms with Crippen molar-refractivity contribution in [2.75, 3.05) is 4.90 Å². The molecular formula is C60H37NO2S. The second-order valence-electron chi connectivity index (χ2n) is 16.4. The Morgan fingerprint density at radius 3 is 1.61 bits per heavy atom. The van der Waals surface area contributed by atoms with Crippen molar-refractivity contribution in [1.82, 2.24) is 0 Å². The lowest BCUT2D eigenvalue weighted by atomic mass is 9.97. The molecule has 3 aromatic heterocycles. The Morgan fingerprint density at radius 2 is 0.891 bits per heavy atom. The van der Waals surface area contributed by atoms with Gasteiger partial charge in [0.15, 0.2) is 0 Å². The first-order valence-electron chi connectivity index (χ1n) is 21.6. The van der Waals surface area contributed by atoms with Crippen LogP contribution < -0.4 is 4.90 Å². The van der Waals surface area contributed by atoms with Crippen molar-refractivity contribution in [1.29, 1.82) is 0 Å². The molecule has 4 heteroatoms. The second kappa shape index (κ2) is 14.7. The molecule has 0 aliphatic heterocycles. The van der Waals surface area contributed by atoms with Crippen LogP contribution in [-0.4, -0.2) is 0 Å². The number of para-hydroxylation sites is 1. The van der Waals surface area contributed by atoms with Crippen LogP contribution in [0.5, 0.6) is 0 Å². The van der Waals surface area contributed by atoms with Gasteiger partial charge in [-0.25, -0.2) is 0 Å². The van der Waals surface area contributed by atoms with Crippen molar-refractivity contribution in [3.8, 4) is 44.5 Å². The van der Waals surface area contributed by atoms with Gasteiger partial charge in [-0.3, -0.25) is 0 Å². The third-order valence-electron chi connectivity index (χ3n) is 12.7. The SMILES string of the molecule is c1ccc(-c2ccc3c(c2)oc2cc(-c4ccccc4)cc(N(c4ccc5oc6ccccc6c5c4)c4ccc(-c5ccccc5)c5sc6cc(-c7ccccc7)ccc6c45)c23)cc1. The number of hydrogen-bond donors (Lipinski definition) is 0. The summed E-state index contributed by atoms with van der Waals surface area (Å²) in [6.45, 7) is 0. The normalized spacial score (nSPS) is 11.8. The van der Waals surface area contributed by atoms with Gasteiger partial charge >= 0.3 is 0 Å². The van der Waals surface area contributed by atoms with Gasteiger partial charge in [0.25, 0.3) is 0 Å². The summed E-state index contributed by atoms with van der Waals surface area (Å²) in [4.78, 5) is 2.48. The molecule has 0 radical (unpaired) electrons. The molecule has 0 saturated carbocycles. The van der Waals surface area contributed by atoms with Crippen molar-refractivity contribution in [2.24, 2.45) is 0 Å². The fourth-order valence-electron chi connectivity index (χ4n) is 9.63. The fourth-order valence-corrected chi connectivity index (χ4v) is 10.9. The van der Waals surface area contributed by atoms with Gasteiger partial charge in [-0.1, -0.05) is 164 Å². The van der Waals surface area contributed by atoms with Crippen LogP contribution in [0.25, 0.3) is 109 Å². The molecule has 0 atom stereocenters. The molecule has 13 rings (SSSR count). The van der Waals surface area contributed by atoms with Crippen LogP contribution in [0, 0.1) is 0 Å². The Morgan fingerprint density at radius 1 is 0.312 bits per heavy atom. The maximum atomic E-state index is 6.99. The monoisotopic (exact) mass is 835 g/mol. The Hall–Kier alpha value is -8.18. The van der Waals surface area contributed by atoms with Gasteiger partial charge in [-0.05, 0) is 105 Å². The minimum absolute atomic E-state index is 0.830. The quantitative estimate of drug-likeness (QED) is 0.160. The summed E-state index contributed by atoms with van der Waals surface area (Å²) >= 11 is 1.87. The number of furan rings is 2. The molecule has 64 heavy (non-hydrogen) atoms. The lowest BCUT2D eigenvalue weighted by molar-refractivity contribution is 0.668. The van der Waals surface area contributed by atoms with Gasteiger partial charge in [0, 0.05) is 42.0 Å². The maximum absolute atomic E-state index is 6.99. The minimum Gasteiger partial charge on any atom is -0.456 e. The molecule has 3 heterocycles. The number of nitrogens with zero attached hydrogens (tertiary/aromatic N) is 1. The largest absolute Gasteiger partial charge is 0.456 e. The number of hydrogen-bond acceptors (Lipinski definition) is 4. The van der Waals surface area contributed by atoms with Crippen LogP contribution in [0.1, 0.15) is 0 Å². The van der Waals surface area contributed by atoms with Crippen molar-refractivity contribution >= 4 is 92.4 Å². The fraction of sp³-hybridized carbons (Fsp3) is 0. The number of thiophene rings is 1. The molecule has 0 saturated heterocycles. The standard InChI is InChI=1S/C60H37NO2S/c1-5-15-38(16-6-1)42-25-28-48-55(34-42)63-56-35-44(40-19-9-3-10-20-40)33-52(58(48)56)61(45-27-32-54-50(37-45)47-23-13-14-24-53(47)62-54)51-31-30-46(41-21-11-4-12-22-41)60-59(51)49-29-26-43(36-57(49)64-60)39-17-7-2-8-18-39/h1-37H. The number of benzene rings is 10. The van der Waals surface area contributed by atoms with Crippen LogP contribution in [-0.2, 0) is 0 Å². The molecule has 300 valence electrons. The minimum atomic E-state index is 0.830. The summed E-state index contributed by atoms with van der Waals surface area (Å²) in [6.07, 6.45) is 0. The van der Waals surface area contributed by atoms with Crippen molar-refractivity contribution in [3.63, 3.8) is 0 Å². The highest BCUT2D eigenvalue weighted by Gasteiger charge is 2.26. The Labute approximate surface area is 373 Å². The number of anilines is 3. The lowest BCUT2D eigenvalue weighted by Gasteiger charge is -2.28. The van der Waals surface area contributed by atoms with Gasteiger partial charge in [0.05, 0.1) is 16.8 Å². The van der Waals surface area contributed by atoms with Gasteiger partial charge in [0.1, 0.15) is 22.3 Å². The van der Waals surface area contributed by atoms with E-state index < -0.39 is 0 Å². The number of rotatable bonds is 7. The van der Waals surface area contributed by atoms with Gasteiger partial charge in [-0.15, -0.1) is 11.3 Å². The summed E-state index contributed by atoms with van der Waals surface area (Å²) < 4.78 is 15.9. The van der Waals surface area contributed by atoms with E-state index in [9.17, 15) is 0 Å². The highest BCUT2D eigenvalue weighted by molar-refractivity contribution is 7.26. The maximum Gasteiger partial charge on any atom is 0.138 e. The second-order valence-corrected chi connectivity index (χ2v) is 17.5. The zero-order chi connectivity index (χ0) is 42.1. The van der Waals surface area contributed by atoms with E-state index in [1.165, 1.54) is 42.4 Å². The highest BCUT2D eigenvalue weighted by Crippen LogP contribution is 2.52. The predicted octanol–water partition coefficient (Wildman–Crippen LogP) is 18.0. The first-order valence-corrected chi connectivity index (χ1v) is 22.5. The van der Waals surface area contributed by atoms with E-state index in [1.807, 2.05) is 23.5 Å². The molecule has 13 aromatic rings. The lowest BCUT2D eigenvalue weighted by Crippen LogP contribution is -2.11. The molecule has 0 fully saturated rings. The zero-order valence-electron chi connectivity index (χ0n) is 34.5. The summed E-state index contributed by atoms with van der Waals surface area (Å²) in [7, 11) is 0. The summed E-state index contributed by atoms with van der Waals surface area (Å²) in [6, 6.07) is 80.4. The molecule has 0 aliphatic rings. The first-order chi connectivity index (χ1) is 31.7. The van der Waals surface area contributed by atoms with E-state index in [0.29, 0.717) is 0 Å². The Bertz CT molecular complexity index is 3890. The average molecular weight is 836 g/mol. The van der Waals surface area contributed by atoms with Crippen molar-refractivity contribution in [2.45, 2.75) is 0 Å². The number of fused-ring (bicyclic) bond motifs is 9. The third kappa shape index (κ3) is 5.95. The molecule has 3 nitrogen and oxygen atoms in total. The summed E-state index contributed by atoms with van der Waals surface area (Å²) in [5.74, 6) is 0. The van der Waals surface area contributed by atoms with Crippen molar-refractivity contribution in [3.05, 3.63) is 224 Å². The molecular weight excluding hydrogens is 799 g/mol. The van der Waals surface area contributed by atoms with E-state index in [-0.39, 0.29) is 0 Å². The summed E-state index contributed by atoms with van der Waals surface area (Å²) in [5.41, 5.74) is 15.8. The zero-order valence-corrected chi connectivity index (χ0v) is 35.4. The molecule has 0 amide bonds. The van der Waals surface area contributed by atoms with Crippen LogP contribution >= 0.6 is 11.3 Å². The molecule has 0 bridgehead atoms. The van der Waals surface area contributed by atoms with E-state index >= 15 is 0 Å². The smallest absolute Gasteiger partial charge is 0.138 e. The molecule has 10 aromatic carbocycles. The van der Waals surface area contributed by atoms with Gasteiger partial charge in [0.2, 0.25) is 0 Å². The average Bonchev–Trinajstić information content (AvgIpc) is 4.06. The molecule has 0 unspecified atom stereocenters. The van der Waals surface area contributed by atoms with Crippen LogP contribution in [0.3, 0.4) is 0 Å². The van der Waals surface area contributed by atoms with E-state index in [2.05, 4.69) is 217 Å². The van der Waals surface area contributed by atoms with E-state index in [0.717, 1.165) is 83.2 Å². The first kappa shape index (κ1) is 36.5. The molecule has 0 N–H and O–H groups in total. The Balaban J connectivity index is 1.15. The van der Waals surface area contributed by atoms with Gasteiger partial charge in [-0.2, -0.15) is 0 Å². The third-order valence-corrected chi connectivity index (χ3v) is 13.8. The summed E-state index contributed by atoms with van der Waals surface area (Å²) in [5, 5.41) is 6.69. The van der Waals surface area contributed by atoms with Crippen LogP contribution in [0.4, 0.5) is 17.1 Å².